The fourth-order valence-electron chi connectivity index (χ4n) is 3.96. The third kappa shape index (κ3) is 5.37. The van der Waals surface area contributed by atoms with Gasteiger partial charge in [-0.05, 0) is 62.7 Å². The van der Waals surface area contributed by atoms with E-state index < -0.39 is 17.8 Å². The third-order valence-electron chi connectivity index (χ3n) is 5.77. The molecule has 2 fully saturated rings. The number of carbonyl (C=O) groups excluding carboxylic acids is 1. The van der Waals surface area contributed by atoms with E-state index in [2.05, 4.69) is 17.1 Å². The number of nitrogens with zero attached hydrogens (tertiary/aromatic N) is 2. The highest BCUT2D eigenvalue weighted by atomic mass is 19.4. The Morgan fingerprint density at radius 1 is 1.07 bits per heavy atom. The molecular formula is C20H28F3N3O. The molecule has 1 aromatic carbocycles. The van der Waals surface area contributed by atoms with Gasteiger partial charge in [-0.25, -0.2) is 4.79 Å². The smallest absolute Gasteiger partial charge is 0.325 e. The van der Waals surface area contributed by atoms with Crippen LogP contribution in [0.25, 0.3) is 0 Å². The first-order chi connectivity index (χ1) is 12.8. The fourth-order valence-corrected chi connectivity index (χ4v) is 3.96. The second-order valence-electron chi connectivity index (χ2n) is 7.89. The number of carbonyl (C=O) groups is 1. The van der Waals surface area contributed by atoms with Gasteiger partial charge in [-0.1, -0.05) is 19.1 Å². The lowest BCUT2D eigenvalue weighted by Crippen LogP contribution is -2.44. The lowest BCUT2D eigenvalue weighted by Gasteiger charge is -2.37. The maximum atomic E-state index is 13.1. The number of hydrogen-bond donors (Lipinski definition) is 1. The number of nitrogens with one attached hydrogen (secondary N) is 1. The highest BCUT2D eigenvalue weighted by molar-refractivity contribution is 5.90. The molecule has 2 amide bonds. The van der Waals surface area contributed by atoms with Gasteiger partial charge in [0.2, 0.25) is 0 Å². The Morgan fingerprint density at radius 2 is 1.70 bits per heavy atom. The number of hydrogen-bond acceptors (Lipinski definition) is 2. The van der Waals surface area contributed by atoms with E-state index in [1.807, 2.05) is 0 Å². The minimum Gasteiger partial charge on any atom is -0.325 e. The summed E-state index contributed by atoms with van der Waals surface area (Å²) in [5.74, 6) is 1.37. The Labute approximate surface area is 158 Å². The average Bonchev–Trinajstić information content (AvgIpc) is 2.64. The summed E-state index contributed by atoms with van der Waals surface area (Å²) >= 11 is 0. The molecule has 2 heterocycles. The largest absolute Gasteiger partial charge is 0.418 e. The molecule has 2 aliphatic heterocycles. The molecule has 150 valence electrons. The normalized spacial score (nSPS) is 20.7. The van der Waals surface area contributed by atoms with E-state index in [4.69, 9.17) is 0 Å². The van der Waals surface area contributed by atoms with Crippen LogP contribution in [-0.2, 0) is 6.18 Å². The van der Waals surface area contributed by atoms with Gasteiger partial charge in [0.25, 0.3) is 0 Å². The van der Waals surface area contributed by atoms with Gasteiger partial charge in [0.15, 0.2) is 0 Å². The minimum atomic E-state index is -4.48. The molecule has 7 heteroatoms. The average molecular weight is 383 g/mol. The summed E-state index contributed by atoms with van der Waals surface area (Å²) in [6.07, 6.45) is -0.177. The van der Waals surface area contributed by atoms with E-state index in [-0.39, 0.29) is 5.69 Å². The highest BCUT2D eigenvalue weighted by Gasteiger charge is 2.34. The summed E-state index contributed by atoms with van der Waals surface area (Å²) in [6.45, 7) is 6.85. The topological polar surface area (TPSA) is 35.6 Å². The molecule has 1 N–H and O–H groups in total. The van der Waals surface area contributed by atoms with Gasteiger partial charge in [-0.2, -0.15) is 13.2 Å². The summed E-state index contributed by atoms with van der Waals surface area (Å²) in [5, 5.41) is 2.44. The molecule has 3 rings (SSSR count). The standard InChI is InChI=1S/C20H28F3N3O/c1-15-6-10-25(11-7-15)14-16-8-12-26(13-9-16)19(27)24-18-5-3-2-4-17(18)20(21,22)23/h2-5,15-16H,6-14H2,1H3,(H,24,27). The van der Waals surface area contributed by atoms with Gasteiger partial charge >= 0.3 is 12.2 Å². The number of piperidine rings is 2. The Balaban J connectivity index is 1.49. The quantitative estimate of drug-likeness (QED) is 0.823. The van der Waals surface area contributed by atoms with Crippen LogP contribution in [0.2, 0.25) is 0 Å². The van der Waals surface area contributed by atoms with Crippen LogP contribution in [0, 0.1) is 11.8 Å². The molecule has 2 saturated heterocycles. The predicted octanol–water partition coefficient (Wildman–Crippen LogP) is 4.68. The molecule has 0 spiro atoms. The van der Waals surface area contributed by atoms with Crippen LogP contribution in [-0.4, -0.2) is 48.6 Å². The van der Waals surface area contributed by atoms with Crippen molar-refractivity contribution < 1.29 is 18.0 Å². The number of anilines is 1. The van der Waals surface area contributed by atoms with Crippen LogP contribution in [0.1, 0.15) is 38.2 Å². The lowest BCUT2D eigenvalue weighted by molar-refractivity contribution is -0.136. The van der Waals surface area contributed by atoms with Crippen molar-refractivity contribution in [3.63, 3.8) is 0 Å². The van der Waals surface area contributed by atoms with Gasteiger partial charge in [-0.3, -0.25) is 0 Å². The SMILES string of the molecule is CC1CCN(CC2CCN(C(=O)Nc3ccccc3C(F)(F)F)CC2)CC1. The fraction of sp³-hybridized carbons (Fsp3) is 0.650. The van der Waals surface area contributed by atoms with Gasteiger partial charge in [0.05, 0.1) is 11.3 Å². The molecule has 2 aliphatic rings. The van der Waals surface area contributed by atoms with Gasteiger partial charge in [0.1, 0.15) is 0 Å². The van der Waals surface area contributed by atoms with Crippen LogP contribution in [0.5, 0.6) is 0 Å². The zero-order chi connectivity index (χ0) is 19.4. The van der Waals surface area contributed by atoms with Crippen molar-refractivity contribution in [1.29, 1.82) is 0 Å². The predicted molar refractivity (Wildman–Crippen MR) is 99.6 cm³/mol. The maximum Gasteiger partial charge on any atom is 0.418 e. The second-order valence-corrected chi connectivity index (χ2v) is 7.89. The maximum absolute atomic E-state index is 13.1. The van der Waals surface area contributed by atoms with Crippen molar-refractivity contribution in [3.8, 4) is 0 Å². The van der Waals surface area contributed by atoms with Crippen molar-refractivity contribution >= 4 is 11.7 Å². The van der Waals surface area contributed by atoms with Crippen LogP contribution in [0.4, 0.5) is 23.7 Å². The van der Waals surface area contributed by atoms with Gasteiger partial charge in [-0.15, -0.1) is 0 Å². The van der Waals surface area contributed by atoms with Crippen molar-refractivity contribution in [2.45, 2.75) is 38.8 Å². The van der Waals surface area contributed by atoms with Crippen LogP contribution >= 0.6 is 0 Å². The number of para-hydroxylation sites is 1. The molecule has 0 atom stereocenters. The molecule has 0 radical (unpaired) electrons. The summed E-state index contributed by atoms with van der Waals surface area (Å²) < 4.78 is 39.2. The van der Waals surface area contributed by atoms with Crippen LogP contribution in [0.3, 0.4) is 0 Å². The molecule has 1 aromatic rings. The number of amides is 2. The van der Waals surface area contributed by atoms with Crippen LogP contribution in [0.15, 0.2) is 24.3 Å². The van der Waals surface area contributed by atoms with Crippen molar-refractivity contribution in [3.05, 3.63) is 29.8 Å². The Bertz CT molecular complexity index is 634. The monoisotopic (exact) mass is 383 g/mol. The van der Waals surface area contributed by atoms with Crippen LogP contribution < -0.4 is 5.32 Å². The molecule has 0 aromatic heterocycles. The Kier molecular flexibility index (Phi) is 6.29. The molecule has 4 nitrogen and oxygen atoms in total. The number of halogens is 3. The molecule has 0 saturated carbocycles. The van der Waals surface area contributed by atoms with E-state index in [1.54, 1.807) is 4.90 Å². The zero-order valence-electron chi connectivity index (χ0n) is 15.8. The summed E-state index contributed by atoms with van der Waals surface area (Å²) in [6, 6.07) is 4.66. The summed E-state index contributed by atoms with van der Waals surface area (Å²) in [5.41, 5.74) is -0.993. The molecular weight excluding hydrogens is 355 g/mol. The first kappa shape index (κ1) is 20.0. The van der Waals surface area contributed by atoms with Gasteiger partial charge < -0.3 is 15.1 Å². The molecule has 0 bridgehead atoms. The number of urea groups is 1. The number of rotatable bonds is 3. The van der Waals surface area contributed by atoms with E-state index in [0.29, 0.717) is 19.0 Å². The van der Waals surface area contributed by atoms with E-state index >= 15 is 0 Å². The summed E-state index contributed by atoms with van der Waals surface area (Å²) in [7, 11) is 0. The number of benzene rings is 1. The molecule has 0 aliphatic carbocycles. The number of alkyl halides is 3. The first-order valence-corrected chi connectivity index (χ1v) is 9.77. The van der Waals surface area contributed by atoms with E-state index in [1.165, 1.54) is 31.0 Å². The molecule has 27 heavy (non-hydrogen) atoms. The summed E-state index contributed by atoms with van der Waals surface area (Å²) in [4.78, 5) is 16.6. The van der Waals surface area contributed by atoms with E-state index in [9.17, 15) is 18.0 Å². The third-order valence-corrected chi connectivity index (χ3v) is 5.77. The lowest BCUT2D eigenvalue weighted by atomic mass is 9.93. The highest BCUT2D eigenvalue weighted by Crippen LogP contribution is 2.34. The first-order valence-electron chi connectivity index (χ1n) is 9.77. The Morgan fingerprint density at radius 3 is 2.33 bits per heavy atom. The molecule has 0 unspecified atom stereocenters. The van der Waals surface area contributed by atoms with Crippen molar-refractivity contribution in [2.24, 2.45) is 11.8 Å². The van der Waals surface area contributed by atoms with Gasteiger partial charge in [0, 0.05) is 19.6 Å². The van der Waals surface area contributed by atoms with Crippen molar-refractivity contribution in [2.75, 3.05) is 38.0 Å². The second kappa shape index (κ2) is 8.50. The number of likely N-dealkylation sites (tertiary alicyclic amines) is 2. The Hall–Kier alpha value is -1.76. The van der Waals surface area contributed by atoms with E-state index in [0.717, 1.165) is 44.5 Å². The van der Waals surface area contributed by atoms with Crippen molar-refractivity contribution in [1.82, 2.24) is 9.80 Å². The zero-order valence-corrected chi connectivity index (χ0v) is 15.8. The minimum absolute atomic E-state index is 0.181.